The van der Waals surface area contributed by atoms with Gasteiger partial charge in [-0.25, -0.2) is 0 Å². The van der Waals surface area contributed by atoms with E-state index in [0.717, 1.165) is 26.2 Å². The molecule has 2 rings (SSSR count). The Bertz CT molecular complexity index is 259. The predicted octanol–water partition coefficient (Wildman–Crippen LogP) is 2.74. The van der Waals surface area contributed by atoms with Gasteiger partial charge < -0.3 is 14.8 Å². The van der Waals surface area contributed by atoms with Crippen molar-refractivity contribution in [2.45, 2.75) is 64.0 Å². The highest BCUT2D eigenvalue weighted by atomic mass is 16.5. The van der Waals surface area contributed by atoms with Crippen LogP contribution < -0.4 is 5.32 Å². The zero-order valence-electron chi connectivity index (χ0n) is 12.3. The van der Waals surface area contributed by atoms with Gasteiger partial charge in [-0.1, -0.05) is 20.3 Å². The first-order valence-electron chi connectivity index (χ1n) is 7.42. The second-order valence-electron chi connectivity index (χ2n) is 6.86. The van der Waals surface area contributed by atoms with Gasteiger partial charge in [0.25, 0.3) is 0 Å². The van der Waals surface area contributed by atoms with E-state index >= 15 is 0 Å². The molecule has 2 aliphatic rings. The Morgan fingerprint density at radius 2 is 2.06 bits per heavy atom. The van der Waals surface area contributed by atoms with Crippen molar-refractivity contribution in [2.75, 3.05) is 26.9 Å². The standard InChI is InChI=1S/C15H29NO2/c1-14(2)7-4-5-13(6-8-14)16-11-15(17-3)9-10-18-12-15/h13,16H,4-12H2,1-3H3. The summed E-state index contributed by atoms with van der Waals surface area (Å²) in [5.74, 6) is 0. The summed E-state index contributed by atoms with van der Waals surface area (Å²) in [6.45, 7) is 7.32. The maximum absolute atomic E-state index is 5.67. The van der Waals surface area contributed by atoms with Crippen LogP contribution in [0.3, 0.4) is 0 Å². The SMILES string of the molecule is COC1(CNC2CCCC(C)(C)CC2)CCOC1. The molecule has 18 heavy (non-hydrogen) atoms. The van der Waals surface area contributed by atoms with Crippen LogP contribution in [0.5, 0.6) is 0 Å². The summed E-state index contributed by atoms with van der Waals surface area (Å²) in [7, 11) is 1.81. The van der Waals surface area contributed by atoms with Crippen molar-refractivity contribution in [3.05, 3.63) is 0 Å². The van der Waals surface area contributed by atoms with E-state index in [9.17, 15) is 0 Å². The highest BCUT2D eigenvalue weighted by molar-refractivity contribution is 4.89. The van der Waals surface area contributed by atoms with Crippen LogP contribution in [0.25, 0.3) is 0 Å². The third kappa shape index (κ3) is 3.69. The lowest BCUT2D eigenvalue weighted by Crippen LogP contribution is -2.46. The van der Waals surface area contributed by atoms with Gasteiger partial charge in [-0.05, 0) is 31.1 Å². The van der Waals surface area contributed by atoms with Crippen LogP contribution in [-0.2, 0) is 9.47 Å². The lowest BCUT2D eigenvalue weighted by atomic mass is 9.85. The molecule has 0 bridgehead atoms. The molecule has 1 aliphatic carbocycles. The third-order valence-electron chi connectivity index (χ3n) is 4.79. The summed E-state index contributed by atoms with van der Waals surface area (Å²) in [6.07, 6.45) is 7.68. The Morgan fingerprint density at radius 1 is 1.22 bits per heavy atom. The second kappa shape index (κ2) is 5.89. The lowest BCUT2D eigenvalue weighted by molar-refractivity contribution is -0.0178. The van der Waals surface area contributed by atoms with E-state index in [2.05, 4.69) is 19.2 Å². The summed E-state index contributed by atoms with van der Waals surface area (Å²) in [4.78, 5) is 0. The normalized spacial score (nSPS) is 36.5. The van der Waals surface area contributed by atoms with Crippen LogP contribution in [0.4, 0.5) is 0 Å². The number of hydrogen-bond donors (Lipinski definition) is 1. The zero-order valence-corrected chi connectivity index (χ0v) is 12.3. The smallest absolute Gasteiger partial charge is 0.106 e. The van der Waals surface area contributed by atoms with Crippen LogP contribution in [0.2, 0.25) is 0 Å². The quantitative estimate of drug-likeness (QED) is 0.784. The molecule has 1 saturated heterocycles. The van der Waals surface area contributed by atoms with Crippen molar-refractivity contribution >= 4 is 0 Å². The molecule has 1 N–H and O–H groups in total. The average molecular weight is 255 g/mol. The van der Waals surface area contributed by atoms with Crippen LogP contribution in [0.15, 0.2) is 0 Å². The molecule has 2 fully saturated rings. The summed E-state index contributed by atoms with van der Waals surface area (Å²) in [5, 5.41) is 3.73. The minimum atomic E-state index is -0.0676. The Labute approximate surface area is 112 Å². The highest BCUT2D eigenvalue weighted by Gasteiger charge is 2.35. The highest BCUT2D eigenvalue weighted by Crippen LogP contribution is 2.34. The molecule has 0 spiro atoms. The zero-order chi connectivity index (χ0) is 13.1. The monoisotopic (exact) mass is 255 g/mol. The fourth-order valence-electron chi connectivity index (χ4n) is 3.16. The summed E-state index contributed by atoms with van der Waals surface area (Å²) in [6, 6.07) is 0.666. The van der Waals surface area contributed by atoms with Gasteiger partial charge in [-0.3, -0.25) is 0 Å². The van der Waals surface area contributed by atoms with Crippen LogP contribution in [0.1, 0.15) is 52.4 Å². The van der Waals surface area contributed by atoms with E-state index in [1.165, 1.54) is 32.1 Å². The Kier molecular flexibility index (Phi) is 4.68. The molecule has 1 heterocycles. The molecule has 0 aromatic carbocycles. The summed E-state index contributed by atoms with van der Waals surface area (Å²) in [5.41, 5.74) is 0.466. The van der Waals surface area contributed by atoms with Gasteiger partial charge in [0, 0.05) is 32.7 Å². The molecule has 2 unspecified atom stereocenters. The van der Waals surface area contributed by atoms with Gasteiger partial charge in [0.05, 0.1) is 6.61 Å². The minimum Gasteiger partial charge on any atom is -0.378 e. The first kappa shape index (κ1) is 14.3. The third-order valence-corrected chi connectivity index (χ3v) is 4.79. The van der Waals surface area contributed by atoms with Crippen molar-refractivity contribution in [3.8, 4) is 0 Å². The first-order chi connectivity index (χ1) is 8.55. The van der Waals surface area contributed by atoms with Gasteiger partial charge in [0.15, 0.2) is 0 Å². The maximum atomic E-state index is 5.67. The number of hydrogen-bond acceptors (Lipinski definition) is 3. The van der Waals surface area contributed by atoms with E-state index in [0.29, 0.717) is 11.5 Å². The van der Waals surface area contributed by atoms with Crippen molar-refractivity contribution in [3.63, 3.8) is 0 Å². The molecule has 3 heteroatoms. The molecule has 106 valence electrons. The molecule has 1 saturated carbocycles. The summed E-state index contributed by atoms with van der Waals surface area (Å²) < 4.78 is 11.2. The molecular weight excluding hydrogens is 226 g/mol. The molecule has 0 radical (unpaired) electrons. The molecule has 0 amide bonds. The van der Waals surface area contributed by atoms with Gasteiger partial charge in [-0.2, -0.15) is 0 Å². The largest absolute Gasteiger partial charge is 0.378 e. The molecule has 1 aliphatic heterocycles. The van der Waals surface area contributed by atoms with Gasteiger partial charge in [0.2, 0.25) is 0 Å². The Morgan fingerprint density at radius 3 is 2.72 bits per heavy atom. The maximum Gasteiger partial charge on any atom is 0.106 e. The topological polar surface area (TPSA) is 30.5 Å². The van der Waals surface area contributed by atoms with Crippen LogP contribution in [0, 0.1) is 5.41 Å². The van der Waals surface area contributed by atoms with E-state index in [-0.39, 0.29) is 5.60 Å². The number of rotatable bonds is 4. The Hall–Kier alpha value is -0.120. The van der Waals surface area contributed by atoms with Crippen LogP contribution >= 0.6 is 0 Å². The molecule has 0 aromatic heterocycles. The van der Waals surface area contributed by atoms with E-state index < -0.39 is 0 Å². The molecular formula is C15H29NO2. The molecule has 3 nitrogen and oxygen atoms in total. The van der Waals surface area contributed by atoms with E-state index in [1.54, 1.807) is 0 Å². The van der Waals surface area contributed by atoms with Gasteiger partial charge in [0.1, 0.15) is 5.60 Å². The first-order valence-corrected chi connectivity index (χ1v) is 7.42. The fourth-order valence-corrected chi connectivity index (χ4v) is 3.16. The van der Waals surface area contributed by atoms with Crippen molar-refractivity contribution < 1.29 is 9.47 Å². The minimum absolute atomic E-state index is 0.0676. The van der Waals surface area contributed by atoms with E-state index in [4.69, 9.17) is 9.47 Å². The van der Waals surface area contributed by atoms with Crippen LogP contribution in [-0.4, -0.2) is 38.5 Å². The van der Waals surface area contributed by atoms with Gasteiger partial charge in [-0.15, -0.1) is 0 Å². The van der Waals surface area contributed by atoms with Gasteiger partial charge >= 0.3 is 0 Å². The fraction of sp³-hybridized carbons (Fsp3) is 1.00. The Balaban J connectivity index is 1.79. The predicted molar refractivity (Wildman–Crippen MR) is 73.8 cm³/mol. The molecule has 2 atom stereocenters. The number of methoxy groups -OCH3 is 1. The van der Waals surface area contributed by atoms with E-state index in [1.807, 2.05) is 7.11 Å². The second-order valence-corrected chi connectivity index (χ2v) is 6.86. The molecule has 0 aromatic rings. The lowest BCUT2D eigenvalue weighted by Gasteiger charge is -2.29. The number of nitrogens with one attached hydrogen (secondary N) is 1. The summed E-state index contributed by atoms with van der Waals surface area (Å²) >= 11 is 0. The average Bonchev–Trinajstić information content (AvgIpc) is 2.74. The van der Waals surface area contributed by atoms with Crippen molar-refractivity contribution in [1.82, 2.24) is 5.32 Å². The van der Waals surface area contributed by atoms with Crippen molar-refractivity contribution in [2.24, 2.45) is 5.41 Å². The number of ether oxygens (including phenoxy) is 2. The van der Waals surface area contributed by atoms with Crippen molar-refractivity contribution in [1.29, 1.82) is 0 Å².